The van der Waals surface area contributed by atoms with Crippen molar-refractivity contribution >= 4 is 11.7 Å². The molecule has 42 heavy (non-hydrogen) atoms. The van der Waals surface area contributed by atoms with Crippen LogP contribution in [-0.4, -0.2) is 82.9 Å². The van der Waals surface area contributed by atoms with Crippen LogP contribution >= 0.6 is 0 Å². The number of ether oxygens (including phenoxy) is 3. The van der Waals surface area contributed by atoms with Crippen molar-refractivity contribution < 1.29 is 19.0 Å². The van der Waals surface area contributed by atoms with E-state index in [1.54, 1.807) is 30.4 Å². The molecule has 218 valence electrons. The Morgan fingerprint density at radius 2 is 1.86 bits per heavy atom. The molecule has 1 saturated heterocycles. The number of benzene rings is 2. The lowest BCUT2D eigenvalue weighted by Gasteiger charge is -2.42. The average molecular weight is 570 g/mol. The van der Waals surface area contributed by atoms with Crippen molar-refractivity contribution in [3.8, 4) is 23.2 Å². The van der Waals surface area contributed by atoms with E-state index in [9.17, 15) is 4.79 Å². The van der Waals surface area contributed by atoms with E-state index in [2.05, 4.69) is 37.2 Å². The number of methoxy groups -OCH3 is 1. The number of amides is 1. The molecule has 2 aliphatic heterocycles. The summed E-state index contributed by atoms with van der Waals surface area (Å²) in [6.45, 7) is 4.77. The maximum atomic E-state index is 13.2. The molecule has 0 radical (unpaired) electrons. The summed E-state index contributed by atoms with van der Waals surface area (Å²) in [6.07, 6.45) is 8.01. The summed E-state index contributed by atoms with van der Waals surface area (Å²) in [5.74, 6) is 3.73. The number of fused-ring (bicyclic) bond motifs is 1. The van der Waals surface area contributed by atoms with Gasteiger partial charge in [0.1, 0.15) is 31.1 Å². The van der Waals surface area contributed by atoms with Gasteiger partial charge in [0.15, 0.2) is 11.5 Å². The van der Waals surface area contributed by atoms with E-state index in [-0.39, 0.29) is 11.9 Å². The fourth-order valence-corrected chi connectivity index (χ4v) is 5.41. The Labute approximate surface area is 245 Å². The first-order chi connectivity index (χ1) is 20.6. The van der Waals surface area contributed by atoms with Crippen molar-refractivity contribution in [1.29, 1.82) is 0 Å². The van der Waals surface area contributed by atoms with Crippen molar-refractivity contribution in [2.24, 2.45) is 0 Å². The summed E-state index contributed by atoms with van der Waals surface area (Å²) in [5.41, 5.74) is 2.30. The van der Waals surface area contributed by atoms with Gasteiger partial charge in [0.25, 0.3) is 0 Å². The van der Waals surface area contributed by atoms with Crippen molar-refractivity contribution in [1.82, 2.24) is 29.7 Å². The van der Waals surface area contributed by atoms with Crippen LogP contribution in [0.5, 0.6) is 17.2 Å². The minimum absolute atomic E-state index is 0.0118. The lowest BCUT2D eigenvalue weighted by atomic mass is 10.1. The minimum atomic E-state index is -0.0585. The zero-order chi connectivity index (χ0) is 28.7. The Morgan fingerprint density at radius 3 is 2.67 bits per heavy atom. The molecule has 0 saturated carbocycles. The van der Waals surface area contributed by atoms with Crippen LogP contribution in [-0.2, 0) is 17.8 Å². The highest BCUT2D eigenvalue weighted by molar-refractivity contribution is 5.77. The summed E-state index contributed by atoms with van der Waals surface area (Å²) in [5, 5.41) is 3.13. The van der Waals surface area contributed by atoms with Gasteiger partial charge in [0.2, 0.25) is 11.9 Å². The molecule has 2 aromatic carbocycles. The number of imidazole rings is 1. The number of hydrogen-bond donors (Lipinski definition) is 1. The molecule has 6 rings (SSSR count). The second kappa shape index (κ2) is 12.9. The summed E-state index contributed by atoms with van der Waals surface area (Å²) in [6, 6.07) is 15.9. The van der Waals surface area contributed by atoms with Crippen LogP contribution in [0.15, 0.2) is 73.4 Å². The summed E-state index contributed by atoms with van der Waals surface area (Å²) in [4.78, 5) is 31.2. The molecule has 11 nitrogen and oxygen atoms in total. The molecule has 1 N–H and O–H groups in total. The maximum Gasteiger partial charge on any atom is 0.236 e. The van der Waals surface area contributed by atoms with Gasteiger partial charge in [-0.15, -0.1) is 0 Å². The van der Waals surface area contributed by atoms with Crippen molar-refractivity contribution in [3.63, 3.8) is 0 Å². The number of carbonyl (C=O) groups excluding carboxylic acids is 1. The first-order valence-electron chi connectivity index (χ1n) is 14.2. The molecule has 2 aromatic heterocycles. The summed E-state index contributed by atoms with van der Waals surface area (Å²) in [7, 11) is 1.67. The first kappa shape index (κ1) is 27.5. The van der Waals surface area contributed by atoms with Crippen LogP contribution in [0.25, 0.3) is 5.95 Å². The van der Waals surface area contributed by atoms with Gasteiger partial charge in [-0.25, -0.2) is 9.97 Å². The molecule has 0 spiro atoms. The second-order valence-corrected chi connectivity index (χ2v) is 10.4. The van der Waals surface area contributed by atoms with E-state index in [1.807, 2.05) is 42.6 Å². The van der Waals surface area contributed by atoms with Crippen molar-refractivity contribution in [2.45, 2.75) is 25.4 Å². The van der Waals surface area contributed by atoms with E-state index >= 15 is 0 Å². The minimum Gasteiger partial charge on any atom is -0.497 e. The van der Waals surface area contributed by atoms with Gasteiger partial charge in [0, 0.05) is 57.7 Å². The quantitative estimate of drug-likeness (QED) is 0.309. The number of rotatable bonds is 10. The fraction of sp³-hybridized carbons (Fsp3) is 0.355. The predicted molar refractivity (Wildman–Crippen MR) is 157 cm³/mol. The summed E-state index contributed by atoms with van der Waals surface area (Å²) >= 11 is 0. The SMILES string of the molecule is COc1ccc(CN2CCN(c3ccnc(-n4ccnc4)n3)C(CC(=O)NCCc3ccc4c(c3)OCCO4)C2)cc1. The Hall–Kier alpha value is -4.64. The van der Waals surface area contributed by atoms with Gasteiger partial charge in [0.05, 0.1) is 13.2 Å². The number of aromatic nitrogens is 4. The van der Waals surface area contributed by atoms with Crippen LogP contribution in [0.4, 0.5) is 5.82 Å². The van der Waals surface area contributed by atoms with Crippen molar-refractivity contribution in [2.75, 3.05) is 51.4 Å². The topological polar surface area (TPSA) is 107 Å². The smallest absolute Gasteiger partial charge is 0.236 e. The highest BCUT2D eigenvalue weighted by Gasteiger charge is 2.30. The van der Waals surface area contributed by atoms with Crippen LogP contribution in [0.3, 0.4) is 0 Å². The Balaban J connectivity index is 1.12. The largest absolute Gasteiger partial charge is 0.497 e. The third-order valence-corrected chi connectivity index (χ3v) is 7.55. The van der Waals surface area contributed by atoms with Gasteiger partial charge >= 0.3 is 0 Å². The Kier molecular flexibility index (Phi) is 8.46. The Morgan fingerprint density at radius 1 is 1.02 bits per heavy atom. The number of carbonyl (C=O) groups is 1. The van der Waals surface area contributed by atoms with E-state index in [0.29, 0.717) is 38.5 Å². The molecule has 1 atom stereocenters. The standard InChI is InChI=1S/C31H35N7O4/c1-40-26-5-2-24(3-6-26)20-36-14-15-38(29-9-11-34-31(35-29)37-13-12-32-22-37)25(21-36)19-30(39)33-10-8-23-4-7-27-28(18-23)42-17-16-41-27/h2-7,9,11-13,18,22,25H,8,10,14-17,19-21H2,1H3,(H,33,39). The molecule has 4 heterocycles. The highest BCUT2D eigenvalue weighted by atomic mass is 16.6. The Bertz CT molecular complexity index is 1480. The summed E-state index contributed by atoms with van der Waals surface area (Å²) < 4.78 is 18.4. The third kappa shape index (κ3) is 6.63. The average Bonchev–Trinajstić information content (AvgIpc) is 3.57. The van der Waals surface area contributed by atoms with Gasteiger partial charge < -0.3 is 24.4 Å². The lowest BCUT2D eigenvalue weighted by Crippen LogP contribution is -2.54. The molecule has 2 aliphatic rings. The molecular formula is C31H35N7O4. The van der Waals surface area contributed by atoms with Gasteiger partial charge in [-0.2, -0.15) is 4.98 Å². The molecule has 1 amide bonds. The molecule has 0 aliphatic carbocycles. The van der Waals surface area contributed by atoms with Crippen LogP contribution in [0.1, 0.15) is 17.5 Å². The number of nitrogens with zero attached hydrogens (tertiary/aromatic N) is 6. The second-order valence-electron chi connectivity index (χ2n) is 10.4. The fourth-order valence-electron chi connectivity index (χ4n) is 5.41. The molecule has 11 heteroatoms. The van der Waals surface area contributed by atoms with E-state index in [1.165, 1.54) is 5.56 Å². The molecule has 1 fully saturated rings. The number of nitrogens with one attached hydrogen (secondary N) is 1. The highest BCUT2D eigenvalue weighted by Crippen LogP contribution is 2.31. The molecule has 0 bridgehead atoms. The zero-order valence-corrected chi connectivity index (χ0v) is 23.7. The van der Waals surface area contributed by atoms with Crippen LogP contribution in [0, 0.1) is 0 Å². The number of anilines is 1. The van der Waals surface area contributed by atoms with Gasteiger partial charge in [-0.1, -0.05) is 18.2 Å². The van der Waals surface area contributed by atoms with E-state index < -0.39 is 0 Å². The number of piperazine rings is 1. The zero-order valence-electron chi connectivity index (χ0n) is 23.7. The number of hydrogen-bond acceptors (Lipinski definition) is 9. The monoisotopic (exact) mass is 569 g/mol. The van der Waals surface area contributed by atoms with Gasteiger partial charge in [-0.05, 0) is 47.9 Å². The van der Waals surface area contributed by atoms with Crippen molar-refractivity contribution in [3.05, 3.63) is 84.6 Å². The molecular weight excluding hydrogens is 534 g/mol. The molecule has 4 aromatic rings. The van der Waals surface area contributed by atoms with E-state index in [4.69, 9.17) is 19.2 Å². The maximum absolute atomic E-state index is 13.2. The molecule has 1 unspecified atom stereocenters. The normalized spacial score (nSPS) is 16.7. The van der Waals surface area contributed by atoms with E-state index in [0.717, 1.165) is 54.8 Å². The van der Waals surface area contributed by atoms with Crippen LogP contribution in [0.2, 0.25) is 0 Å². The first-order valence-corrected chi connectivity index (χ1v) is 14.2. The van der Waals surface area contributed by atoms with Crippen LogP contribution < -0.4 is 24.4 Å². The lowest BCUT2D eigenvalue weighted by molar-refractivity contribution is -0.121. The predicted octanol–water partition coefficient (Wildman–Crippen LogP) is 2.88. The van der Waals surface area contributed by atoms with Gasteiger partial charge in [-0.3, -0.25) is 14.3 Å². The third-order valence-electron chi connectivity index (χ3n) is 7.55.